The van der Waals surface area contributed by atoms with E-state index in [2.05, 4.69) is 11.1 Å². The molecule has 9 heteroatoms. The van der Waals surface area contributed by atoms with Crippen LogP contribution in [-0.2, 0) is 11.6 Å². The second-order valence-electron chi connectivity index (χ2n) is 6.03. The van der Waals surface area contributed by atoms with E-state index >= 15 is 0 Å². The van der Waals surface area contributed by atoms with Crippen molar-refractivity contribution in [2.45, 2.75) is 30.5 Å². The van der Waals surface area contributed by atoms with Crippen molar-refractivity contribution in [1.82, 2.24) is 4.98 Å². The van der Waals surface area contributed by atoms with E-state index < -0.39 is 40.6 Å². The first-order valence-electron chi connectivity index (χ1n) is 7.66. The molecule has 1 saturated carbocycles. The second-order valence-corrected chi connectivity index (χ2v) is 6.03. The minimum atomic E-state index is -4.72. The lowest BCUT2D eigenvalue weighted by atomic mass is 9.63. The van der Waals surface area contributed by atoms with Gasteiger partial charge in [-0.2, -0.15) is 18.4 Å². The molecule has 0 unspecified atom stereocenters. The van der Waals surface area contributed by atoms with E-state index in [1.54, 1.807) is 6.07 Å². The van der Waals surface area contributed by atoms with Gasteiger partial charge in [-0.15, -0.1) is 0 Å². The van der Waals surface area contributed by atoms with Gasteiger partial charge in [-0.1, -0.05) is 12.1 Å². The highest BCUT2D eigenvalue weighted by atomic mass is 19.4. The van der Waals surface area contributed by atoms with Gasteiger partial charge in [0.2, 0.25) is 0 Å². The number of nitrogens with one attached hydrogen (secondary N) is 1. The molecule has 136 valence electrons. The Morgan fingerprint density at radius 3 is 2.62 bits per heavy atom. The molecule has 1 aliphatic carbocycles. The molecule has 1 fully saturated rings. The third-order valence-electron chi connectivity index (χ3n) is 4.37. The predicted octanol–water partition coefficient (Wildman–Crippen LogP) is 3.53. The molecule has 1 heterocycles. The molecule has 5 nitrogen and oxygen atoms in total. The van der Waals surface area contributed by atoms with Crippen LogP contribution < -0.4 is 16.0 Å². The molecule has 0 saturated heterocycles. The second kappa shape index (κ2) is 6.46. The number of anilines is 1. The van der Waals surface area contributed by atoms with Gasteiger partial charge >= 0.3 is 6.18 Å². The standard InChI is InChI=1S/C17H14F4N4O/c18-11-3-1-2-10(6-11)16(9-22)7-12(8-16)26-13-4-5-24-15(25-23)14(13)17(19,20)21/h1-6,12H,7-8,23H2,(H,24,25)/t12-,16+. The number of hydrogen-bond donors (Lipinski definition) is 2. The average Bonchev–Trinajstić information content (AvgIpc) is 2.56. The van der Waals surface area contributed by atoms with Crippen LogP contribution in [0.15, 0.2) is 36.5 Å². The van der Waals surface area contributed by atoms with Gasteiger partial charge in [0, 0.05) is 19.0 Å². The first kappa shape index (κ1) is 17.9. The molecule has 3 N–H and O–H groups in total. The number of alkyl halides is 3. The number of halogens is 4. The molecule has 26 heavy (non-hydrogen) atoms. The summed E-state index contributed by atoms with van der Waals surface area (Å²) >= 11 is 0. The zero-order valence-corrected chi connectivity index (χ0v) is 13.3. The largest absolute Gasteiger partial charge is 0.489 e. The predicted molar refractivity (Wildman–Crippen MR) is 84.4 cm³/mol. The van der Waals surface area contributed by atoms with Gasteiger partial charge in [0.25, 0.3) is 0 Å². The van der Waals surface area contributed by atoms with Gasteiger partial charge in [0.15, 0.2) is 5.82 Å². The van der Waals surface area contributed by atoms with Crippen LogP contribution in [-0.4, -0.2) is 11.1 Å². The van der Waals surface area contributed by atoms with E-state index in [1.807, 2.05) is 5.43 Å². The highest BCUT2D eigenvalue weighted by molar-refractivity contribution is 5.53. The molecule has 1 aliphatic rings. The Hall–Kier alpha value is -2.86. The molecular formula is C17H14F4N4O. The van der Waals surface area contributed by atoms with Gasteiger partial charge in [0.1, 0.15) is 23.2 Å². The third kappa shape index (κ3) is 3.15. The first-order chi connectivity index (χ1) is 12.3. The molecule has 0 amide bonds. The van der Waals surface area contributed by atoms with E-state index in [0.717, 1.165) is 12.3 Å². The van der Waals surface area contributed by atoms with Crippen molar-refractivity contribution in [3.05, 3.63) is 53.5 Å². The van der Waals surface area contributed by atoms with Crippen LogP contribution in [0.25, 0.3) is 0 Å². The van der Waals surface area contributed by atoms with Gasteiger partial charge in [-0.3, -0.25) is 0 Å². The van der Waals surface area contributed by atoms with Gasteiger partial charge in [0.05, 0.1) is 11.5 Å². The van der Waals surface area contributed by atoms with E-state index in [0.29, 0.717) is 5.56 Å². The molecule has 0 bridgehead atoms. The number of nitrogens with two attached hydrogens (primary N) is 1. The van der Waals surface area contributed by atoms with Crippen LogP contribution in [0.4, 0.5) is 23.4 Å². The summed E-state index contributed by atoms with van der Waals surface area (Å²) in [6.45, 7) is 0. The lowest BCUT2D eigenvalue weighted by molar-refractivity contribution is -0.139. The molecular weight excluding hydrogens is 352 g/mol. The van der Waals surface area contributed by atoms with Crippen molar-refractivity contribution in [2.24, 2.45) is 5.84 Å². The lowest BCUT2D eigenvalue weighted by Crippen LogP contribution is -2.46. The summed E-state index contributed by atoms with van der Waals surface area (Å²) in [4.78, 5) is 3.55. The van der Waals surface area contributed by atoms with E-state index in [4.69, 9.17) is 10.6 Å². The topological polar surface area (TPSA) is 84.0 Å². The summed E-state index contributed by atoms with van der Waals surface area (Å²) in [7, 11) is 0. The minimum Gasteiger partial charge on any atom is -0.489 e. The van der Waals surface area contributed by atoms with Crippen LogP contribution in [0.5, 0.6) is 5.75 Å². The Balaban J connectivity index is 1.82. The van der Waals surface area contributed by atoms with Crippen molar-refractivity contribution in [3.8, 4) is 11.8 Å². The lowest BCUT2D eigenvalue weighted by Gasteiger charge is -2.42. The number of nitrogens with zero attached hydrogens (tertiary/aromatic N) is 2. The highest BCUT2D eigenvalue weighted by Gasteiger charge is 2.49. The summed E-state index contributed by atoms with van der Waals surface area (Å²) in [6.07, 6.45) is -3.89. The van der Waals surface area contributed by atoms with Gasteiger partial charge in [-0.05, 0) is 23.8 Å². The Morgan fingerprint density at radius 2 is 2.04 bits per heavy atom. The first-order valence-corrected chi connectivity index (χ1v) is 7.66. The Morgan fingerprint density at radius 1 is 1.31 bits per heavy atom. The van der Waals surface area contributed by atoms with Crippen molar-refractivity contribution in [1.29, 1.82) is 5.26 Å². The van der Waals surface area contributed by atoms with Gasteiger partial charge < -0.3 is 10.2 Å². The van der Waals surface area contributed by atoms with Crippen molar-refractivity contribution in [2.75, 3.05) is 5.43 Å². The number of rotatable bonds is 4. The summed E-state index contributed by atoms with van der Waals surface area (Å²) in [5.74, 6) is 3.65. The molecule has 0 spiro atoms. The Kier molecular flexibility index (Phi) is 4.46. The number of hydrazine groups is 1. The van der Waals surface area contributed by atoms with Crippen molar-refractivity contribution < 1.29 is 22.3 Å². The van der Waals surface area contributed by atoms with Crippen LogP contribution in [0.1, 0.15) is 24.0 Å². The zero-order chi connectivity index (χ0) is 18.9. The van der Waals surface area contributed by atoms with Crippen LogP contribution in [0.3, 0.4) is 0 Å². The summed E-state index contributed by atoms with van der Waals surface area (Å²) in [5, 5.41) is 9.49. The monoisotopic (exact) mass is 366 g/mol. The van der Waals surface area contributed by atoms with E-state index in [9.17, 15) is 22.8 Å². The molecule has 2 aromatic rings. The number of benzene rings is 1. The normalized spacial score (nSPS) is 22.2. The minimum absolute atomic E-state index is 0.151. The number of aromatic nitrogens is 1. The fraction of sp³-hybridized carbons (Fsp3) is 0.294. The maximum Gasteiger partial charge on any atom is 0.423 e. The molecule has 0 aliphatic heterocycles. The smallest absolute Gasteiger partial charge is 0.423 e. The number of nitriles is 1. The van der Waals surface area contributed by atoms with E-state index in [1.165, 1.54) is 18.2 Å². The molecule has 1 aromatic heterocycles. The number of ether oxygens (including phenoxy) is 1. The average molecular weight is 366 g/mol. The van der Waals surface area contributed by atoms with E-state index in [-0.39, 0.29) is 12.8 Å². The Bertz CT molecular complexity index is 857. The fourth-order valence-electron chi connectivity index (χ4n) is 3.08. The van der Waals surface area contributed by atoms with Crippen LogP contribution >= 0.6 is 0 Å². The number of nitrogen functional groups attached to an aromatic ring is 1. The highest BCUT2D eigenvalue weighted by Crippen LogP contribution is 2.47. The maximum atomic E-state index is 13.4. The molecule has 3 rings (SSSR count). The molecule has 0 radical (unpaired) electrons. The quantitative estimate of drug-likeness (QED) is 0.491. The number of pyridine rings is 1. The summed E-state index contributed by atoms with van der Waals surface area (Å²) in [5.41, 5.74) is 0.300. The SMILES string of the molecule is N#C[C@]1(c2cccc(F)c2)C[C@@H](Oc2ccnc(NN)c2C(F)(F)F)C1. The fourth-order valence-corrected chi connectivity index (χ4v) is 3.08. The zero-order valence-electron chi connectivity index (χ0n) is 13.3. The number of hydrogen-bond acceptors (Lipinski definition) is 5. The van der Waals surface area contributed by atoms with Crippen LogP contribution in [0, 0.1) is 17.1 Å². The Labute approximate surface area is 146 Å². The van der Waals surface area contributed by atoms with Crippen molar-refractivity contribution in [3.63, 3.8) is 0 Å². The van der Waals surface area contributed by atoms with Crippen molar-refractivity contribution >= 4 is 5.82 Å². The maximum absolute atomic E-state index is 13.4. The summed E-state index contributed by atoms with van der Waals surface area (Å²) in [6, 6.07) is 8.84. The summed E-state index contributed by atoms with van der Waals surface area (Å²) < 4.78 is 58.7. The van der Waals surface area contributed by atoms with Crippen LogP contribution in [0.2, 0.25) is 0 Å². The van der Waals surface area contributed by atoms with Gasteiger partial charge in [-0.25, -0.2) is 15.2 Å². The molecule has 0 atom stereocenters. The third-order valence-corrected chi connectivity index (χ3v) is 4.37. The molecule has 1 aromatic carbocycles.